The van der Waals surface area contributed by atoms with E-state index in [-0.39, 0.29) is 0 Å². The van der Waals surface area contributed by atoms with Crippen molar-refractivity contribution in [3.63, 3.8) is 0 Å². The highest BCUT2D eigenvalue weighted by Crippen LogP contribution is 2.27. The number of hydrogen-bond donors (Lipinski definition) is 1. The standard InChI is InChI=1S/C15H16ClN3/c1-2-5-13-11-8-17-9-14(11)19-15(18-13)10-6-3-4-7-12(10)16/h3-4,6-7,17H,2,5,8-9H2,1H3. The van der Waals surface area contributed by atoms with Crippen molar-refractivity contribution in [2.45, 2.75) is 32.9 Å². The average Bonchev–Trinajstić information content (AvgIpc) is 2.88. The van der Waals surface area contributed by atoms with Gasteiger partial charge < -0.3 is 5.32 Å². The topological polar surface area (TPSA) is 37.8 Å². The fraction of sp³-hybridized carbons (Fsp3) is 0.333. The number of nitrogens with zero attached hydrogens (tertiary/aromatic N) is 2. The van der Waals surface area contributed by atoms with Gasteiger partial charge in [-0.05, 0) is 18.6 Å². The Labute approximate surface area is 118 Å². The quantitative estimate of drug-likeness (QED) is 0.932. The molecule has 3 rings (SSSR count). The Balaban J connectivity index is 2.13. The Morgan fingerprint density at radius 3 is 2.84 bits per heavy atom. The van der Waals surface area contributed by atoms with Crippen molar-refractivity contribution in [2.75, 3.05) is 0 Å². The molecule has 0 fully saturated rings. The SMILES string of the molecule is CCCc1nc(-c2ccccc2Cl)nc2c1CNC2. The lowest BCUT2D eigenvalue weighted by atomic mass is 10.1. The highest BCUT2D eigenvalue weighted by atomic mass is 35.5. The lowest BCUT2D eigenvalue weighted by Gasteiger charge is -2.09. The molecule has 2 aromatic rings. The van der Waals surface area contributed by atoms with Crippen LogP contribution in [0.15, 0.2) is 24.3 Å². The van der Waals surface area contributed by atoms with Crippen LogP contribution in [0.2, 0.25) is 5.02 Å². The number of nitrogens with one attached hydrogen (secondary N) is 1. The second-order valence-corrected chi connectivity index (χ2v) is 5.16. The first-order chi connectivity index (χ1) is 9.29. The fourth-order valence-electron chi connectivity index (χ4n) is 2.44. The van der Waals surface area contributed by atoms with Crippen molar-refractivity contribution >= 4 is 11.6 Å². The molecule has 1 N–H and O–H groups in total. The third kappa shape index (κ3) is 2.36. The van der Waals surface area contributed by atoms with Crippen LogP contribution in [0.3, 0.4) is 0 Å². The van der Waals surface area contributed by atoms with Crippen LogP contribution in [0.25, 0.3) is 11.4 Å². The first-order valence-corrected chi connectivity index (χ1v) is 7.01. The Kier molecular flexibility index (Phi) is 3.49. The van der Waals surface area contributed by atoms with E-state index >= 15 is 0 Å². The molecule has 19 heavy (non-hydrogen) atoms. The van der Waals surface area contributed by atoms with E-state index in [9.17, 15) is 0 Å². The molecule has 3 nitrogen and oxygen atoms in total. The van der Waals surface area contributed by atoms with E-state index in [0.29, 0.717) is 5.02 Å². The van der Waals surface area contributed by atoms with E-state index in [2.05, 4.69) is 17.2 Å². The Morgan fingerprint density at radius 2 is 2.05 bits per heavy atom. The van der Waals surface area contributed by atoms with E-state index in [1.54, 1.807) is 0 Å². The molecule has 0 spiro atoms. The van der Waals surface area contributed by atoms with E-state index in [4.69, 9.17) is 16.6 Å². The molecule has 0 saturated carbocycles. The van der Waals surface area contributed by atoms with Crippen LogP contribution < -0.4 is 5.32 Å². The summed E-state index contributed by atoms with van der Waals surface area (Å²) < 4.78 is 0. The van der Waals surface area contributed by atoms with Gasteiger partial charge in [-0.2, -0.15) is 0 Å². The van der Waals surface area contributed by atoms with E-state index < -0.39 is 0 Å². The van der Waals surface area contributed by atoms with Crippen molar-refractivity contribution in [1.29, 1.82) is 0 Å². The van der Waals surface area contributed by atoms with Crippen molar-refractivity contribution in [1.82, 2.24) is 15.3 Å². The zero-order valence-corrected chi connectivity index (χ0v) is 11.7. The molecule has 0 saturated heterocycles. The number of halogens is 1. The van der Waals surface area contributed by atoms with Crippen molar-refractivity contribution in [3.8, 4) is 11.4 Å². The van der Waals surface area contributed by atoms with Crippen LogP contribution >= 0.6 is 11.6 Å². The van der Waals surface area contributed by atoms with Crippen LogP contribution in [0.1, 0.15) is 30.3 Å². The van der Waals surface area contributed by atoms with Gasteiger partial charge >= 0.3 is 0 Å². The summed E-state index contributed by atoms with van der Waals surface area (Å²) in [5.74, 6) is 0.747. The average molecular weight is 274 g/mol. The minimum atomic E-state index is 0.704. The van der Waals surface area contributed by atoms with Gasteiger partial charge in [0.15, 0.2) is 5.82 Å². The van der Waals surface area contributed by atoms with Crippen LogP contribution in [0, 0.1) is 0 Å². The molecule has 4 heteroatoms. The van der Waals surface area contributed by atoms with Crippen LogP contribution in [0.5, 0.6) is 0 Å². The number of fused-ring (bicyclic) bond motifs is 1. The van der Waals surface area contributed by atoms with Crippen molar-refractivity contribution in [3.05, 3.63) is 46.2 Å². The molecule has 1 aliphatic rings. The number of aryl methyl sites for hydroxylation is 1. The second kappa shape index (κ2) is 5.27. The maximum absolute atomic E-state index is 6.24. The third-order valence-electron chi connectivity index (χ3n) is 3.37. The molecule has 1 aromatic heterocycles. The summed E-state index contributed by atoms with van der Waals surface area (Å²) in [6, 6.07) is 7.75. The van der Waals surface area contributed by atoms with Crippen LogP contribution in [-0.4, -0.2) is 9.97 Å². The summed E-state index contributed by atoms with van der Waals surface area (Å²) in [5.41, 5.74) is 4.47. The fourth-order valence-corrected chi connectivity index (χ4v) is 2.67. The molecule has 0 amide bonds. The zero-order chi connectivity index (χ0) is 13.2. The van der Waals surface area contributed by atoms with Gasteiger partial charge in [-0.15, -0.1) is 0 Å². The summed E-state index contributed by atoms with van der Waals surface area (Å²) in [6.45, 7) is 3.88. The normalized spacial score (nSPS) is 13.6. The monoisotopic (exact) mass is 273 g/mol. The van der Waals surface area contributed by atoms with Gasteiger partial charge in [-0.25, -0.2) is 9.97 Å². The first kappa shape index (κ1) is 12.6. The molecule has 0 unspecified atom stereocenters. The summed E-state index contributed by atoms with van der Waals surface area (Å²) in [6.07, 6.45) is 2.08. The smallest absolute Gasteiger partial charge is 0.161 e. The molecule has 0 atom stereocenters. The van der Waals surface area contributed by atoms with E-state index in [1.807, 2.05) is 24.3 Å². The summed E-state index contributed by atoms with van der Waals surface area (Å²) in [4.78, 5) is 9.40. The van der Waals surface area contributed by atoms with Gasteiger partial charge in [0.25, 0.3) is 0 Å². The first-order valence-electron chi connectivity index (χ1n) is 6.64. The Morgan fingerprint density at radius 1 is 1.21 bits per heavy atom. The molecule has 0 radical (unpaired) electrons. The minimum absolute atomic E-state index is 0.704. The maximum atomic E-state index is 6.24. The molecular weight excluding hydrogens is 258 g/mol. The largest absolute Gasteiger partial charge is 0.307 e. The number of rotatable bonds is 3. The summed E-state index contributed by atoms with van der Waals surface area (Å²) >= 11 is 6.24. The number of benzene rings is 1. The molecule has 0 bridgehead atoms. The summed E-state index contributed by atoms with van der Waals surface area (Å²) in [5, 5.41) is 4.05. The predicted molar refractivity (Wildman–Crippen MR) is 77.0 cm³/mol. The van der Waals surface area contributed by atoms with Gasteiger partial charge in [0.05, 0.1) is 10.7 Å². The lowest BCUT2D eigenvalue weighted by molar-refractivity contribution is 0.753. The van der Waals surface area contributed by atoms with Crippen molar-refractivity contribution in [2.24, 2.45) is 0 Å². The van der Waals surface area contributed by atoms with Gasteiger partial charge in [-0.1, -0.05) is 37.1 Å². The van der Waals surface area contributed by atoms with E-state index in [0.717, 1.165) is 48.7 Å². The maximum Gasteiger partial charge on any atom is 0.161 e. The van der Waals surface area contributed by atoms with Gasteiger partial charge in [0.2, 0.25) is 0 Å². The second-order valence-electron chi connectivity index (χ2n) is 4.75. The number of hydrogen-bond acceptors (Lipinski definition) is 3. The Bertz CT molecular complexity index is 610. The number of aromatic nitrogens is 2. The van der Waals surface area contributed by atoms with E-state index in [1.165, 1.54) is 5.56 Å². The molecule has 0 aliphatic carbocycles. The van der Waals surface area contributed by atoms with Gasteiger partial charge in [-0.3, -0.25) is 0 Å². The molecule has 1 aliphatic heterocycles. The predicted octanol–water partition coefficient (Wildman–Crippen LogP) is 3.35. The molecule has 2 heterocycles. The van der Waals surface area contributed by atoms with Gasteiger partial charge in [0, 0.05) is 29.9 Å². The van der Waals surface area contributed by atoms with Crippen molar-refractivity contribution < 1.29 is 0 Å². The third-order valence-corrected chi connectivity index (χ3v) is 3.70. The minimum Gasteiger partial charge on any atom is -0.307 e. The van der Waals surface area contributed by atoms with Gasteiger partial charge in [0.1, 0.15) is 0 Å². The summed E-state index contributed by atoms with van der Waals surface area (Å²) in [7, 11) is 0. The lowest BCUT2D eigenvalue weighted by Crippen LogP contribution is -2.03. The molecule has 98 valence electrons. The highest BCUT2D eigenvalue weighted by molar-refractivity contribution is 6.33. The molecular formula is C15H16ClN3. The van der Waals surface area contributed by atoms with Crippen LogP contribution in [-0.2, 0) is 19.5 Å². The zero-order valence-electron chi connectivity index (χ0n) is 10.9. The molecule has 1 aromatic carbocycles. The Hall–Kier alpha value is -1.45. The van der Waals surface area contributed by atoms with Crippen LogP contribution in [0.4, 0.5) is 0 Å². The highest BCUT2D eigenvalue weighted by Gasteiger charge is 2.19.